The van der Waals surface area contributed by atoms with Crippen LogP contribution >= 0.6 is 0 Å². The summed E-state index contributed by atoms with van der Waals surface area (Å²) in [5, 5.41) is 0. The standard InChI is InChI=1S/C14H19N3/c1-9-7-11-12(8-10(9)2)17-13(16-11)14(15)5-3-4-6-14/h7-8H,3-6,15H2,1-2H3,(H,16,17). The number of hydrogen-bond acceptors (Lipinski definition) is 2. The molecular formula is C14H19N3. The highest BCUT2D eigenvalue weighted by atomic mass is 15.0. The van der Waals surface area contributed by atoms with Crippen LogP contribution in [0.3, 0.4) is 0 Å². The minimum absolute atomic E-state index is 0.221. The molecule has 1 fully saturated rings. The molecule has 0 bridgehead atoms. The first-order valence-corrected chi connectivity index (χ1v) is 6.35. The molecule has 1 aliphatic carbocycles. The van der Waals surface area contributed by atoms with E-state index >= 15 is 0 Å². The predicted molar refractivity (Wildman–Crippen MR) is 69.9 cm³/mol. The maximum atomic E-state index is 6.43. The Labute approximate surface area is 101 Å². The summed E-state index contributed by atoms with van der Waals surface area (Å²) in [5.74, 6) is 0.968. The van der Waals surface area contributed by atoms with Crippen molar-refractivity contribution in [2.75, 3.05) is 0 Å². The van der Waals surface area contributed by atoms with Crippen LogP contribution in [0.2, 0.25) is 0 Å². The molecule has 90 valence electrons. The van der Waals surface area contributed by atoms with Crippen molar-refractivity contribution >= 4 is 11.0 Å². The molecule has 1 saturated carbocycles. The lowest BCUT2D eigenvalue weighted by molar-refractivity contribution is 0.437. The van der Waals surface area contributed by atoms with Crippen LogP contribution in [0.15, 0.2) is 12.1 Å². The molecule has 0 unspecified atom stereocenters. The molecule has 0 amide bonds. The van der Waals surface area contributed by atoms with Gasteiger partial charge < -0.3 is 10.7 Å². The Hall–Kier alpha value is -1.35. The molecule has 0 spiro atoms. The summed E-state index contributed by atoms with van der Waals surface area (Å²) >= 11 is 0. The Balaban J connectivity index is 2.13. The van der Waals surface area contributed by atoms with Gasteiger partial charge in [-0.05, 0) is 49.9 Å². The summed E-state index contributed by atoms with van der Waals surface area (Å²) in [4.78, 5) is 8.10. The Morgan fingerprint density at radius 1 is 1.18 bits per heavy atom. The third kappa shape index (κ3) is 1.65. The number of rotatable bonds is 1. The van der Waals surface area contributed by atoms with Crippen molar-refractivity contribution in [2.24, 2.45) is 5.73 Å². The summed E-state index contributed by atoms with van der Waals surface area (Å²) in [7, 11) is 0. The molecule has 0 atom stereocenters. The smallest absolute Gasteiger partial charge is 0.127 e. The highest BCUT2D eigenvalue weighted by Gasteiger charge is 2.34. The van der Waals surface area contributed by atoms with Crippen molar-refractivity contribution < 1.29 is 0 Å². The van der Waals surface area contributed by atoms with E-state index in [0.29, 0.717) is 0 Å². The highest BCUT2D eigenvalue weighted by molar-refractivity contribution is 5.77. The van der Waals surface area contributed by atoms with Crippen molar-refractivity contribution in [1.29, 1.82) is 0 Å². The van der Waals surface area contributed by atoms with Crippen LogP contribution in [0.5, 0.6) is 0 Å². The third-order valence-electron chi connectivity index (χ3n) is 4.06. The average molecular weight is 229 g/mol. The van der Waals surface area contributed by atoms with Crippen LogP contribution in [0.4, 0.5) is 0 Å². The van der Waals surface area contributed by atoms with E-state index in [-0.39, 0.29) is 5.54 Å². The van der Waals surface area contributed by atoms with Gasteiger partial charge >= 0.3 is 0 Å². The number of aryl methyl sites for hydroxylation is 2. The molecular weight excluding hydrogens is 210 g/mol. The molecule has 1 heterocycles. The number of aromatic nitrogens is 2. The van der Waals surface area contributed by atoms with Gasteiger partial charge in [-0.1, -0.05) is 12.8 Å². The lowest BCUT2D eigenvalue weighted by atomic mass is 9.99. The molecule has 3 N–H and O–H groups in total. The number of benzene rings is 1. The number of aromatic amines is 1. The Kier molecular flexibility index (Phi) is 2.26. The molecule has 3 nitrogen and oxygen atoms in total. The number of imidazole rings is 1. The minimum atomic E-state index is -0.221. The lowest BCUT2D eigenvalue weighted by Gasteiger charge is -2.19. The van der Waals surface area contributed by atoms with Gasteiger partial charge in [-0.25, -0.2) is 4.98 Å². The van der Waals surface area contributed by atoms with Crippen molar-refractivity contribution in [3.63, 3.8) is 0 Å². The Morgan fingerprint density at radius 2 is 1.82 bits per heavy atom. The molecule has 0 radical (unpaired) electrons. The summed E-state index contributed by atoms with van der Waals surface area (Å²) in [6.45, 7) is 4.25. The minimum Gasteiger partial charge on any atom is -0.340 e. The van der Waals surface area contributed by atoms with Crippen LogP contribution in [0.1, 0.15) is 42.6 Å². The molecule has 17 heavy (non-hydrogen) atoms. The number of fused-ring (bicyclic) bond motifs is 1. The van der Waals surface area contributed by atoms with Gasteiger partial charge in [-0.3, -0.25) is 0 Å². The Morgan fingerprint density at radius 3 is 2.53 bits per heavy atom. The number of nitrogens with one attached hydrogen (secondary N) is 1. The van der Waals surface area contributed by atoms with Crippen molar-refractivity contribution in [3.05, 3.63) is 29.1 Å². The highest BCUT2D eigenvalue weighted by Crippen LogP contribution is 2.35. The maximum Gasteiger partial charge on any atom is 0.127 e. The Bertz CT molecular complexity index is 523. The fourth-order valence-electron chi connectivity index (χ4n) is 2.75. The SMILES string of the molecule is Cc1cc2nc(C3(N)CCCC3)[nH]c2cc1C. The van der Waals surface area contributed by atoms with Gasteiger partial charge in [0, 0.05) is 0 Å². The summed E-state index contributed by atoms with van der Waals surface area (Å²) in [6, 6.07) is 4.31. The second-order valence-electron chi connectivity index (χ2n) is 5.40. The molecule has 1 aromatic carbocycles. The van der Waals surface area contributed by atoms with Gasteiger partial charge in [0.05, 0.1) is 16.6 Å². The zero-order chi connectivity index (χ0) is 12.0. The largest absolute Gasteiger partial charge is 0.340 e. The number of nitrogens with zero attached hydrogens (tertiary/aromatic N) is 1. The molecule has 1 aromatic heterocycles. The van der Waals surface area contributed by atoms with Crippen LogP contribution in [0, 0.1) is 13.8 Å². The first kappa shape index (κ1) is 10.8. The third-order valence-corrected chi connectivity index (χ3v) is 4.06. The molecule has 3 heteroatoms. The summed E-state index contributed by atoms with van der Waals surface area (Å²) < 4.78 is 0. The second-order valence-corrected chi connectivity index (χ2v) is 5.40. The molecule has 0 aliphatic heterocycles. The first-order chi connectivity index (χ1) is 8.08. The van der Waals surface area contributed by atoms with Gasteiger partial charge in [0.1, 0.15) is 5.82 Å². The van der Waals surface area contributed by atoms with Crippen LogP contribution in [-0.2, 0) is 5.54 Å². The van der Waals surface area contributed by atoms with E-state index in [2.05, 4.69) is 35.9 Å². The van der Waals surface area contributed by atoms with E-state index in [1.807, 2.05) is 0 Å². The molecule has 3 rings (SSSR count). The van der Waals surface area contributed by atoms with E-state index < -0.39 is 0 Å². The second kappa shape index (κ2) is 3.57. The lowest BCUT2D eigenvalue weighted by Crippen LogP contribution is -2.34. The van der Waals surface area contributed by atoms with E-state index in [1.54, 1.807) is 0 Å². The van der Waals surface area contributed by atoms with Crippen LogP contribution < -0.4 is 5.73 Å². The van der Waals surface area contributed by atoms with E-state index in [1.165, 1.54) is 24.0 Å². The van der Waals surface area contributed by atoms with Crippen molar-refractivity contribution in [3.8, 4) is 0 Å². The van der Waals surface area contributed by atoms with Crippen LogP contribution in [0.25, 0.3) is 11.0 Å². The van der Waals surface area contributed by atoms with Gasteiger partial charge in [-0.15, -0.1) is 0 Å². The topological polar surface area (TPSA) is 54.7 Å². The number of nitrogens with two attached hydrogens (primary N) is 1. The summed E-state index contributed by atoms with van der Waals surface area (Å²) in [5.41, 5.74) is 10.9. The maximum absolute atomic E-state index is 6.43. The fraction of sp³-hybridized carbons (Fsp3) is 0.500. The molecule has 1 aliphatic rings. The van der Waals surface area contributed by atoms with Gasteiger partial charge in [0.2, 0.25) is 0 Å². The van der Waals surface area contributed by atoms with Crippen LogP contribution in [-0.4, -0.2) is 9.97 Å². The quantitative estimate of drug-likeness (QED) is 0.790. The van der Waals surface area contributed by atoms with E-state index in [4.69, 9.17) is 5.73 Å². The fourth-order valence-corrected chi connectivity index (χ4v) is 2.75. The zero-order valence-electron chi connectivity index (χ0n) is 10.5. The summed E-state index contributed by atoms with van der Waals surface area (Å²) in [6.07, 6.45) is 4.52. The molecule has 2 aromatic rings. The molecule has 0 saturated heterocycles. The van der Waals surface area contributed by atoms with Gasteiger partial charge in [0.15, 0.2) is 0 Å². The van der Waals surface area contributed by atoms with Gasteiger partial charge in [0.25, 0.3) is 0 Å². The van der Waals surface area contributed by atoms with Gasteiger partial charge in [-0.2, -0.15) is 0 Å². The first-order valence-electron chi connectivity index (χ1n) is 6.35. The number of H-pyrrole nitrogens is 1. The average Bonchev–Trinajstić information content (AvgIpc) is 2.87. The zero-order valence-corrected chi connectivity index (χ0v) is 10.5. The number of hydrogen-bond donors (Lipinski definition) is 2. The van der Waals surface area contributed by atoms with Crippen molar-refractivity contribution in [2.45, 2.75) is 45.1 Å². The predicted octanol–water partition coefficient (Wildman–Crippen LogP) is 2.91. The van der Waals surface area contributed by atoms with E-state index in [9.17, 15) is 0 Å². The van der Waals surface area contributed by atoms with Crippen molar-refractivity contribution in [1.82, 2.24) is 9.97 Å². The normalized spacial score (nSPS) is 19.0. The monoisotopic (exact) mass is 229 g/mol. The van der Waals surface area contributed by atoms with E-state index in [0.717, 1.165) is 29.7 Å².